The normalized spacial score (nSPS) is 17.1. The quantitative estimate of drug-likeness (QED) is 0.267. The Bertz CT molecular complexity index is 1530. The summed E-state index contributed by atoms with van der Waals surface area (Å²) < 4.78 is 13.7. The number of ether oxygens (including phenoxy) is 2. The monoisotopic (exact) mass is 654 g/mol. The molecule has 6 rings (SSSR count). The lowest BCUT2D eigenvalue weighted by molar-refractivity contribution is 0.0515. The molecule has 1 spiro atoms. The molecule has 208 valence electrons. The number of carbonyl (C=O) groups excluding carboxylic acids is 3. The summed E-state index contributed by atoms with van der Waals surface area (Å²) in [4.78, 5) is 43.5. The van der Waals surface area contributed by atoms with E-state index < -0.39 is 11.6 Å². The highest BCUT2D eigenvalue weighted by Crippen LogP contribution is 2.54. The van der Waals surface area contributed by atoms with Gasteiger partial charge in [0.2, 0.25) is 0 Å². The molecule has 3 heterocycles. The van der Waals surface area contributed by atoms with Gasteiger partial charge in [-0.2, -0.15) is 5.10 Å². The molecule has 10 heteroatoms. The molecular formula is C30H31IN4O5. The van der Waals surface area contributed by atoms with E-state index in [1.165, 1.54) is 0 Å². The van der Waals surface area contributed by atoms with Gasteiger partial charge in [0.1, 0.15) is 11.3 Å². The number of rotatable bonds is 4. The number of amides is 2. The summed E-state index contributed by atoms with van der Waals surface area (Å²) in [5.41, 5.74) is 3.55. The molecule has 2 amide bonds. The van der Waals surface area contributed by atoms with Gasteiger partial charge in [0.05, 0.1) is 18.0 Å². The average molecular weight is 655 g/mol. The molecule has 0 bridgehead atoms. The van der Waals surface area contributed by atoms with Crippen LogP contribution >= 0.6 is 22.6 Å². The van der Waals surface area contributed by atoms with Crippen molar-refractivity contribution >= 4 is 51.9 Å². The van der Waals surface area contributed by atoms with Gasteiger partial charge in [-0.05, 0) is 118 Å². The van der Waals surface area contributed by atoms with Crippen LogP contribution in [-0.2, 0) is 21.3 Å². The number of esters is 1. The third-order valence-electron chi connectivity index (χ3n) is 7.60. The Balaban J connectivity index is 1.45. The van der Waals surface area contributed by atoms with Crippen LogP contribution in [0.4, 0.5) is 16.2 Å². The van der Waals surface area contributed by atoms with Crippen LogP contribution in [0.5, 0.6) is 0 Å². The fourth-order valence-corrected chi connectivity index (χ4v) is 6.00. The molecular weight excluding hydrogens is 623 g/mol. The lowest BCUT2D eigenvalue weighted by Gasteiger charge is -2.33. The van der Waals surface area contributed by atoms with E-state index in [0.29, 0.717) is 36.5 Å². The first-order chi connectivity index (χ1) is 19.0. The number of anilines is 2. The molecule has 2 aromatic carbocycles. The van der Waals surface area contributed by atoms with Gasteiger partial charge in [-0.15, -0.1) is 0 Å². The third-order valence-corrected chi connectivity index (χ3v) is 8.32. The molecule has 0 saturated heterocycles. The summed E-state index contributed by atoms with van der Waals surface area (Å²) in [6.07, 6.45) is 1.98. The molecule has 2 aliphatic heterocycles. The number of carbonyl (C=O) groups is 3. The SMILES string of the molecule is CCOC(=O)c1nn(-c2ccc3c(c2)CCN3C(=O)OC(C)(C)C)c2c1C1(CC1)CN(c1ccc(I)cc1)C2=O. The highest BCUT2D eigenvalue weighted by Gasteiger charge is 2.56. The first-order valence-corrected chi connectivity index (χ1v) is 14.6. The molecule has 1 aromatic heterocycles. The highest BCUT2D eigenvalue weighted by molar-refractivity contribution is 14.1. The van der Waals surface area contributed by atoms with Crippen LogP contribution in [0.25, 0.3) is 5.69 Å². The second-order valence-corrected chi connectivity index (χ2v) is 12.8. The van der Waals surface area contributed by atoms with Crippen molar-refractivity contribution < 1.29 is 23.9 Å². The smallest absolute Gasteiger partial charge is 0.414 e. The number of hydrogen-bond acceptors (Lipinski definition) is 6. The van der Waals surface area contributed by atoms with Crippen molar-refractivity contribution in [2.75, 3.05) is 29.5 Å². The van der Waals surface area contributed by atoms with Gasteiger partial charge in [0.15, 0.2) is 5.69 Å². The molecule has 9 nitrogen and oxygen atoms in total. The predicted octanol–water partition coefficient (Wildman–Crippen LogP) is 5.64. The number of benzene rings is 2. The van der Waals surface area contributed by atoms with Gasteiger partial charge in [0, 0.05) is 33.3 Å². The van der Waals surface area contributed by atoms with Crippen LogP contribution < -0.4 is 9.80 Å². The topological polar surface area (TPSA) is 94.0 Å². The summed E-state index contributed by atoms with van der Waals surface area (Å²) in [6, 6.07) is 13.5. The Labute approximate surface area is 246 Å². The van der Waals surface area contributed by atoms with Gasteiger partial charge >= 0.3 is 12.1 Å². The zero-order valence-corrected chi connectivity index (χ0v) is 25.1. The van der Waals surface area contributed by atoms with Gasteiger partial charge in [-0.3, -0.25) is 9.69 Å². The van der Waals surface area contributed by atoms with Crippen LogP contribution in [0.15, 0.2) is 42.5 Å². The van der Waals surface area contributed by atoms with Gasteiger partial charge in [-0.1, -0.05) is 0 Å². The minimum absolute atomic E-state index is 0.201. The third kappa shape index (κ3) is 4.55. The maximum atomic E-state index is 14.2. The fourth-order valence-electron chi connectivity index (χ4n) is 5.64. The Kier molecular flexibility index (Phi) is 6.43. The zero-order valence-electron chi connectivity index (χ0n) is 23.0. The van der Waals surface area contributed by atoms with Crippen molar-refractivity contribution in [3.63, 3.8) is 0 Å². The van der Waals surface area contributed by atoms with Crippen LogP contribution in [0, 0.1) is 3.57 Å². The Hall–Kier alpha value is -3.41. The first-order valence-electron chi connectivity index (χ1n) is 13.5. The van der Waals surface area contributed by atoms with Crippen LogP contribution in [-0.4, -0.2) is 53.0 Å². The second kappa shape index (κ2) is 9.60. The van der Waals surface area contributed by atoms with Crippen LogP contribution in [0.3, 0.4) is 0 Å². The second-order valence-electron chi connectivity index (χ2n) is 11.5. The van der Waals surface area contributed by atoms with Gasteiger partial charge in [-0.25, -0.2) is 14.3 Å². The fraction of sp³-hybridized carbons (Fsp3) is 0.400. The number of nitrogens with zero attached hydrogens (tertiary/aromatic N) is 4. The van der Waals surface area contributed by atoms with Crippen molar-refractivity contribution in [3.8, 4) is 5.69 Å². The van der Waals surface area contributed by atoms with Crippen LogP contribution in [0.1, 0.15) is 72.6 Å². The van der Waals surface area contributed by atoms with E-state index in [2.05, 4.69) is 22.6 Å². The number of aromatic nitrogens is 2. The maximum Gasteiger partial charge on any atom is 0.414 e. The molecule has 3 aliphatic rings. The van der Waals surface area contributed by atoms with E-state index in [1.54, 1.807) is 21.4 Å². The number of halogens is 1. The molecule has 0 unspecified atom stereocenters. The molecule has 0 atom stereocenters. The van der Waals surface area contributed by atoms with Crippen molar-refractivity contribution in [1.29, 1.82) is 0 Å². The van der Waals surface area contributed by atoms with Crippen molar-refractivity contribution in [2.45, 2.75) is 58.0 Å². The number of fused-ring (bicyclic) bond motifs is 3. The molecule has 3 aromatic rings. The van der Waals surface area contributed by atoms with Crippen molar-refractivity contribution in [1.82, 2.24) is 9.78 Å². The molecule has 40 heavy (non-hydrogen) atoms. The number of hydrogen-bond donors (Lipinski definition) is 0. The van der Waals surface area contributed by atoms with E-state index in [0.717, 1.165) is 33.4 Å². The predicted molar refractivity (Wildman–Crippen MR) is 159 cm³/mol. The Morgan fingerprint density at radius 3 is 2.42 bits per heavy atom. The van der Waals surface area contributed by atoms with E-state index in [1.807, 2.05) is 63.2 Å². The van der Waals surface area contributed by atoms with Gasteiger partial charge < -0.3 is 14.4 Å². The van der Waals surface area contributed by atoms with E-state index in [9.17, 15) is 14.4 Å². The molecule has 1 fully saturated rings. The van der Waals surface area contributed by atoms with Crippen molar-refractivity contribution in [2.24, 2.45) is 0 Å². The van der Waals surface area contributed by atoms with E-state index >= 15 is 0 Å². The summed E-state index contributed by atoms with van der Waals surface area (Å²) in [6.45, 7) is 8.50. The Morgan fingerprint density at radius 2 is 1.77 bits per heavy atom. The lowest BCUT2D eigenvalue weighted by atomic mass is 9.88. The highest BCUT2D eigenvalue weighted by atomic mass is 127. The Morgan fingerprint density at radius 1 is 1.07 bits per heavy atom. The van der Waals surface area contributed by atoms with E-state index in [4.69, 9.17) is 14.6 Å². The van der Waals surface area contributed by atoms with Crippen LogP contribution in [0.2, 0.25) is 0 Å². The van der Waals surface area contributed by atoms with E-state index in [-0.39, 0.29) is 29.7 Å². The minimum Gasteiger partial charge on any atom is -0.461 e. The standard InChI is InChI=1S/C30H31IN4O5/c1-5-39-27(37)24-23-25(26(36)34(17-30(23)13-14-30)20-8-6-19(31)7-9-20)35(32-24)21-10-11-22-18(16-21)12-15-33(22)28(38)40-29(2,3)4/h6-11,16H,5,12-15,17H2,1-4H3. The molecule has 1 aliphatic carbocycles. The zero-order chi connectivity index (χ0) is 28.4. The minimum atomic E-state index is -0.598. The molecule has 0 radical (unpaired) electrons. The average Bonchev–Trinajstić information content (AvgIpc) is 3.34. The summed E-state index contributed by atoms with van der Waals surface area (Å²) in [7, 11) is 0. The first kappa shape index (κ1) is 26.8. The summed E-state index contributed by atoms with van der Waals surface area (Å²) in [5.74, 6) is -0.718. The molecule has 0 N–H and O–H groups in total. The summed E-state index contributed by atoms with van der Waals surface area (Å²) >= 11 is 2.25. The van der Waals surface area contributed by atoms with Crippen molar-refractivity contribution in [3.05, 3.63) is 68.5 Å². The largest absolute Gasteiger partial charge is 0.461 e. The maximum absolute atomic E-state index is 14.2. The van der Waals surface area contributed by atoms with Gasteiger partial charge in [0.25, 0.3) is 5.91 Å². The lowest BCUT2D eigenvalue weighted by Crippen LogP contribution is -2.44. The molecule has 1 saturated carbocycles. The summed E-state index contributed by atoms with van der Waals surface area (Å²) in [5, 5.41) is 4.73.